The SMILES string of the molecule is C=CO/C(=C\C)c1ccc2cnc(NC(=O)c3ccnc(OC4CCN(C)CC4)c3)cc2c1. The molecule has 0 bridgehead atoms. The van der Waals surface area contributed by atoms with Gasteiger partial charge in [0.05, 0.1) is 6.26 Å². The topological polar surface area (TPSA) is 76.6 Å². The highest BCUT2D eigenvalue weighted by Gasteiger charge is 2.19. The fraction of sp³-hybridized carbons (Fsp3) is 0.269. The molecule has 1 aliphatic heterocycles. The third-order valence-corrected chi connectivity index (χ3v) is 5.67. The van der Waals surface area contributed by atoms with Gasteiger partial charge in [0.25, 0.3) is 5.91 Å². The van der Waals surface area contributed by atoms with Crippen LogP contribution in [-0.2, 0) is 4.74 Å². The van der Waals surface area contributed by atoms with Crippen LogP contribution in [0.3, 0.4) is 0 Å². The number of anilines is 1. The number of aromatic nitrogens is 2. The van der Waals surface area contributed by atoms with Gasteiger partial charge in [-0.05, 0) is 56.5 Å². The predicted molar refractivity (Wildman–Crippen MR) is 130 cm³/mol. The van der Waals surface area contributed by atoms with Crippen molar-refractivity contribution in [2.75, 3.05) is 25.5 Å². The highest BCUT2D eigenvalue weighted by Crippen LogP contribution is 2.24. The molecule has 1 amide bonds. The van der Waals surface area contributed by atoms with Gasteiger partial charge in [0, 0.05) is 48.1 Å². The minimum Gasteiger partial charge on any atom is -0.474 e. The van der Waals surface area contributed by atoms with Gasteiger partial charge in [-0.2, -0.15) is 0 Å². The average Bonchev–Trinajstić information content (AvgIpc) is 2.83. The molecule has 4 rings (SSSR count). The van der Waals surface area contributed by atoms with Crippen molar-refractivity contribution < 1.29 is 14.3 Å². The Morgan fingerprint density at radius 3 is 2.70 bits per heavy atom. The summed E-state index contributed by atoms with van der Waals surface area (Å²) >= 11 is 0. The fourth-order valence-corrected chi connectivity index (χ4v) is 3.83. The fourth-order valence-electron chi connectivity index (χ4n) is 3.83. The molecule has 2 aromatic heterocycles. The first-order valence-corrected chi connectivity index (χ1v) is 11.0. The van der Waals surface area contributed by atoms with E-state index < -0.39 is 0 Å². The quantitative estimate of drug-likeness (QED) is 0.524. The molecule has 1 aliphatic rings. The molecule has 3 heterocycles. The second-order valence-corrected chi connectivity index (χ2v) is 8.03. The van der Waals surface area contributed by atoms with E-state index in [-0.39, 0.29) is 12.0 Å². The molecule has 1 aromatic carbocycles. The summed E-state index contributed by atoms with van der Waals surface area (Å²) in [5.41, 5.74) is 1.39. The van der Waals surface area contributed by atoms with Gasteiger partial charge in [-0.3, -0.25) is 4.79 Å². The molecule has 3 aromatic rings. The summed E-state index contributed by atoms with van der Waals surface area (Å²) in [5.74, 6) is 1.38. The third kappa shape index (κ3) is 5.56. The standard InChI is InChI=1S/C26H28N4O3/c1-4-23(32-5-2)18-6-7-20-17-28-24(15-21(20)14-18)29-26(31)19-8-11-27-25(16-19)33-22-9-12-30(3)13-10-22/h4-8,11,14-17,22H,2,9-10,12-13H2,1,3H3,(H,28,29,31)/b23-4-. The minimum absolute atomic E-state index is 0.121. The van der Waals surface area contributed by atoms with Gasteiger partial charge >= 0.3 is 0 Å². The number of nitrogens with one attached hydrogen (secondary N) is 1. The lowest BCUT2D eigenvalue weighted by Crippen LogP contribution is -2.35. The van der Waals surface area contributed by atoms with Crippen LogP contribution in [0, 0.1) is 0 Å². The number of hydrogen-bond donors (Lipinski definition) is 1. The molecule has 1 N–H and O–H groups in total. The highest BCUT2D eigenvalue weighted by atomic mass is 16.5. The largest absolute Gasteiger partial charge is 0.474 e. The Balaban J connectivity index is 1.48. The first-order valence-electron chi connectivity index (χ1n) is 11.0. The predicted octanol–water partition coefficient (Wildman–Crippen LogP) is 4.88. The van der Waals surface area contributed by atoms with Crippen molar-refractivity contribution in [2.45, 2.75) is 25.9 Å². The number of nitrogens with zero attached hydrogens (tertiary/aromatic N) is 3. The first-order chi connectivity index (χ1) is 16.1. The summed E-state index contributed by atoms with van der Waals surface area (Å²) in [6.07, 6.45) is 8.63. The number of benzene rings is 1. The number of fused-ring (bicyclic) bond motifs is 1. The third-order valence-electron chi connectivity index (χ3n) is 5.67. The lowest BCUT2D eigenvalue weighted by Gasteiger charge is -2.28. The van der Waals surface area contributed by atoms with E-state index in [1.54, 1.807) is 24.5 Å². The molecule has 7 nitrogen and oxygen atoms in total. The Bertz CT molecular complexity index is 1180. The Morgan fingerprint density at radius 1 is 1.12 bits per heavy atom. The molecule has 0 saturated carbocycles. The Labute approximate surface area is 193 Å². The zero-order chi connectivity index (χ0) is 23.2. The number of carbonyl (C=O) groups is 1. The van der Waals surface area contributed by atoms with Crippen molar-refractivity contribution in [1.29, 1.82) is 0 Å². The minimum atomic E-state index is -0.266. The maximum absolute atomic E-state index is 12.9. The molecule has 0 radical (unpaired) electrons. The first kappa shape index (κ1) is 22.5. The van der Waals surface area contributed by atoms with Crippen LogP contribution in [0.1, 0.15) is 35.7 Å². The monoisotopic (exact) mass is 444 g/mol. The van der Waals surface area contributed by atoms with Gasteiger partial charge in [0.1, 0.15) is 17.7 Å². The van der Waals surface area contributed by atoms with Crippen LogP contribution in [0.25, 0.3) is 16.5 Å². The number of pyridine rings is 2. The van der Waals surface area contributed by atoms with Crippen LogP contribution in [0.4, 0.5) is 5.82 Å². The van der Waals surface area contributed by atoms with Crippen LogP contribution < -0.4 is 10.1 Å². The molecule has 170 valence electrons. The van der Waals surface area contributed by atoms with Crippen molar-refractivity contribution in [2.24, 2.45) is 0 Å². The van der Waals surface area contributed by atoms with E-state index in [2.05, 4.69) is 33.8 Å². The number of carbonyl (C=O) groups excluding carboxylic acids is 1. The average molecular weight is 445 g/mol. The van der Waals surface area contributed by atoms with Crippen LogP contribution in [0.15, 0.2) is 67.7 Å². The zero-order valence-corrected chi connectivity index (χ0v) is 19.0. The van der Waals surface area contributed by atoms with E-state index >= 15 is 0 Å². The smallest absolute Gasteiger partial charge is 0.257 e. The summed E-state index contributed by atoms with van der Waals surface area (Å²) in [4.78, 5) is 23.8. The van der Waals surface area contributed by atoms with Crippen molar-refractivity contribution in [3.05, 3.63) is 78.8 Å². The molecular weight excluding hydrogens is 416 g/mol. The molecule has 0 spiro atoms. The number of allylic oxidation sites excluding steroid dienone is 1. The van der Waals surface area contributed by atoms with E-state index in [9.17, 15) is 4.79 Å². The van der Waals surface area contributed by atoms with Crippen molar-refractivity contribution in [3.8, 4) is 5.88 Å². The summed E-state index contributed by atoms with van der Waals surface area (Å²) in [5, 5.41) is 4.77. The lowest BCUT2D eigenvalue weighted by atomic mass is 10.1. The van der Waals surface area contributed by atoms with Crippen molar-refractivity contribution >= 4 is 28.3 Å². The number of hydrogen-bond acceptors (Lipinski definition) is 6. The van der Waals surface area contributed by atoms with Crippen LogP contribution in [-0.4, -0.2) is 47.0 Å². The van der Waals surface area contributed by atoms with Gasteiger partial charge in [0.2, 0.25) is 5.88 Å². The van der Waals surface area contributed by atoms with Crippen molar-refractivity contribution in [1.82, 2.24) is 14.9 Å². The molecule has 0 unspecified atom stereocenters. The molecule has 33 heavy (non-hydrogen) atoms. The Morgan fingerprint density at radius 2 is 1.94 bits per heavy atom. The van der Waals surface area contributed by atoms with Crippen LogP contribution in [0.2, 0.25) is 0 Å². The number of amides is 1. The normalized spacial score (nSPS) is 15.3. The maximum atomic E-state index is 12.9. The van der Waals surface area contributed by atoms with Crippen LogP contribution >= 0.6 is 0 Å². The molecule has 7 heteroatoms. The zero-order valence-electron chi connectivity index (χ0n) is 19.0. The molecule has 1 saturated heterocycles. The van der Waals surface area contributed by atoms with Gasteiger partial charge in [-0.1, -0.05) is 18.7 Å². The summed E-state index contributed by atoms with van der Waals surface area (Å²) < 4.78 is 11.5. The summed E-state index contributed by atoms with van der Waals surface area (Å²) in [6.45, 7) is 7.51. The Kier molecular flexibility index (Phi) is 7.00. The van der Waals surface area contributed by atoms with Gasteiger partial charge in [-0.25, -0.2) is 9.97 Å². The van der Waals surface area contributed by atoms with Gasteiger partial charge < -0.3 is 19.7 Å². The summed E-state index contributed by atoms with van der Waals surface area (Å²) in [7, 11) is 2.11. The lowest BCUT2D eigenvalue weighted by molar-refractivity contribution is 0.101. The number of ether oxygens (including phenoxy) is 2. The number of likely N-dealkylation sites (tertiary alicyclic amines) is 1. The van der Waals surface area contributed by atoms with E-state index in [1.165, 1.54) is 6.26 Å². The molecule has 1 fully saturated rings. The maximum Gasteiger partial charge on any atom is 0.257 e. The molecule has 0 atom stereocenters. The second kappa shape index (κ2) is 10.3. The van der Waals surface area contributed by atoms with E-state index in [0.29, 0.717) is 23.0 Å². The van der Waals surface area contributed by atoms with Crippen molar-refractivity contribution in [3.63, 3.8) is 0 Å². The van der Waals surface area contributed by atoms with E-state index in [4.69, 9.17) is 9.47 Å². The van der Waals surface area contributed by atoms with Gasteiger partial charge in [-0.15, -0.1) is 0 Å². The Hall–Kier alpha value is -3.71. The number of rotatable bonds is 7. The molecular formula is C26H28N4O3. The van der Waals surface area contributed by atoms with Crippen LogP contribution in [0.5, 0.6) is 5.88 Å². The van der Waals surface area contributed by atoms with E-state index in [0.717, 1.165) is 42.3 Å². The second-order valence-electron chi connectivity index (χ2n) is 8.03. The van der Waals surface area contributed by atoms with E-state index in [1.807, 2.05) is 37.3 Å². The van der Waals surface area contributed by atoms with Gasteiger partial charge in [0.15, 0.2) is 0 Å². The highest BCUT2D eigenvalue weighted by molar-refractivity contribution is 6.04. The number of piperidine rings is 1. The summed E-state index contributed by atoms with van der Waals surface area (Å²) in [6, 6.07) is 11.1. The molecule has 0 aliphatic carbocycles.